The van der Waals surface area contributed by atoms with Crippen molar-refractivity contribution in [3.05, 3.63) is 17.5 Å². The summed E-state index contributed by atoms with van der Waals surface area (Å²) in [5.74, 6) is 0.745. The van der Waals surface area contributed by atoms with Crippen molar-refractivity contribution in [1.29, 1.82) is 0 Å². The molecule has 1 aliphatic carbocycles. The van der Waals surface area contributed by atoms with Crippen molar-refractivity contribution in [3.63, 3.8) is 0 Å². The lowest BCUT2D eigenvalue weighted by atomic mass is 9.83. The van der Waals surface area contributed by atoms with Crippen molar-refractivity contribution in [2.45, 2.75) is 56.7 Å². The molecule has 1 saturated carbocycles. The molecule has 5 nitrogen and oxygen atoms in total. The fourth-order valence-corrected chi connectivity index (χ4v) is 7.53. The van der Waals surface area contributed by atoms with Crippen molar-refractivity contribution in [1.82, 2.24) is 14.7 Å². The van der Waals surface area contributed by atoms with E-state index in [0.717, 1.165) is 51.6 Å². The van der Waals surface area contributed by atoms with Gasteiger partial charge < -0.3 is 0 Å². The molecule has 4 rings (SSSR count). The molecule has 0 aromatic carbocycles. The van der Waals surface area contributed by atoms with Crippen LogP contribution in [0.15, 0.2) is 6.07 Å². The molecule has 3 fully saturated rings. The second-order valence-electron chi connectivity index (χ2n) is 8.64. The van der Waals surface area contributed by atoms with E-state index >= 15 is 0 Å². The van der Waals surface area contributed by atoms with Crippen LogP contribution in [0.25, 0.3) is 0 Å². The van der Waals surface area contributed by atoms with Crippen LogP contribution in [0, 0.1) is 5.41 Å². The number of hydrogen-bond acceptors (Lipinski definition) is 4. The second-order valence-corrected chi connectivity index (χ2v) is 10.8. The maximum Gasteiger partial charge on any atom is 0.435 e. The molecule has 152 valence electrons. The summed E-state index contributed by atoms with van der Waals surface area (Å²) in [5, 5.41) is 3.64. The first-order chi connectivity index (χ1) is 12.6. The summed E-state index contributed by atoms with van der Waals surface area (Å²) in [6, 6.07) is 1.61. The molecule has 2 aliphatic heterocycles. The third-order valence-corrected chi connectivity index (χ3v) is 8.65. The zero-order valence-corrected chi connectivity index (χ0v) is 16.3. The van der Waals surface area contributed by atoms with Crippen molar-refractivity contribution in [3.8, 4) is 0 Å². The van der Waals surface area contributed by atoms with E-state index in [1.807, 2.05) is 0 Å². The van der Waals surface area contributed by atoms with Crippen LogP contribution in [0.1, 0.15) is 55.8 Å². The number of hydrogen-bond donors (Lipinski definition) is 0. The number of sulfone groups is 1. The molecular formula is C18H26F3N3O2S. The average Bonchev–Trinajstić information content (AvgIpc) is 3.25. The summed E-state index contributed by atoms with van der Waals surface area (Å²) >= 11 is 0. The van der Waals surface area contributed by atoms with Crippen LogP contribution < -0.4 is 0 Å². The highest BCUT2D eigenvalue weighted by molar-refractivity contribution is 7.91. The van der Waals surface area contributed by atoms with Gasteiger partial charge in [-0.15, -0.1) is 0 Å². The summed E-state index contributed by atoms with van der Waals surface area (Å²) in [4.78, 5) is 2.43. The summed E-state index contributed by atoms with van der Waals surface area (Å²) in [5.41, 5.74) is -0.203. The summed E-state index contributed by atoms with van der Waals surface area (Å²) in [7, 11) is -1.30. The highest BCUT2D eigenvalue weighted by Crippen LogP contribution is 2.44. The van der Waals surface area contributed by atoms with Crippen molar-refractivity contribution >= 4 is 9.84 Å². The molecule has 1 aromatic rings. The van der Waals surface area contributed by atoms with Crippen LogP contribution >= 0.6 is 0 Å². The number of halogens is 3. The second kappa shape index (κ2) is 6.47. The topological polar surface area (TPSA) is 55.2 Å². The van der Waals surface area contributed by atoms with Crippen LogP contribution in [0.3, 0.4) is 0 Å². The smallest absolute Gasteiger partial charge is 0.300 e. The average molecular weight is 405 g/mol. The molecule has 1 aromatic heterocycles. The van der Waals surface area contributed by atoms with Gasteiger partial charge in [0, 0.05) is 31.2 Å². The SMILES string of the molecule is Cn1nc(C(F)(F)F)cc1[C@H]1CC[C@H](N2CC[C@@]3(CCS(=O)(=O)C3)C2)CC1. The van der Waals surface area contributed by atoms with E-state index in [1.54, 1.807) is 7.05 Å². The molecule has 3 aliphatic rings. The van der Waals surface area contributed by atoms with Gasteiger partial charge in [0.15, 0.2) is 15.5 Å². The van der Waals surface area contributed by atoms with Gasteiger partial charge in [-0.1, -0.05) is 0 Å². The molecule has 1 spiro atoms. The molecule has 27 heavy (non-hydrogen) atoms. The number of aromatic nitrogens is 2. The normalized spacial score (nSPS) is 34.5. The van der Waals surface area contributed by atoms with E-state index in [-0.39, 0.29) is 11.3 Å². The predicted molar refractivity (Wildman–Crippen MR) is 95.1 cm³/mol. The van der Waals surface area contributed by atoms with Gasteiger partial charge in [-0.2, -0.15) is 18.3 Å². The maximum atomic E-state index is 12.9. The Balaban J connectivity index is 1.37. The van der Waals surface area contributed by atoms with E-state index in [9.17, 15) is 21.6 Å². The molecule has 1 atom stereocenters. The van der Waals surface area contributed by atoms with Crippen LogP contribution in [0.2, 0.25) is 0 Å². The van der Waals surface area contributed by atoms with Crippen LogP contribution in [0.4, 0.5) is 13.2 Å². The molecule has 0 radical (unpaired) electrons. The van der Waals surface area contributed by atoms with Gasteiger partial charge in [0.1, 0.15) is 0 Å². The van der Waals surface area contributed by atoms with Crippen LogP contribution in [-0.2, 0) is 23.1 Å². The van der Waals surface area contributed by atoms with E-state index in [0.29, 0.717) is 23.2 Å². The predicted octanol–water partition coefficient (Wildman–Crippen LogP) is 2.98. The molecule has 2 saturated heterocycles. The summed E-state index contributed by atoms with van der Waals surface area (Å²) < 4.78 is 63.8. The third kappa shape index (κ3) is 3.77. The minimum absolute atomic E-state index is 0.0562. The Morgan fingerprint density at radius 1 is 1.19 bits per heavy atom. The lowest BCUT2D eigenvalue weighted by Gasteiger charge is -2.35. The molecule has 9 heteroatoms. The molecule has 0 unspecified atom stereocenters. The van der Waals surface area contributed by atoms with Gasteiger partial charge in [-0.05, 0) is 56.6 Å². The maximum absolute atomic E-state index is 12.9. The van der Waals surface area contributed by atoms with Gasteiger partial charge >= 0.3 is 6.18 Å². The van der Waals surface area contributed by atoms with E-state index in [2.05, 4.69) is 10.00 Å². The molecule has 0 amide bonds. The van der Waals surface area contributed by atoms with Gasteiger partial charge in [-0.3, -0.25) is 9.58 Å². The van der Waals surface area contributed by atoms with Gasteiger partial charge in [-0.25, -0.2) is 8.42 Å². The van der Waals surface area contributed by atoms with Gasteiger partial charge in [0.2, 0.25) is 0 Å². The van der Waals surface area contributed by atoms with Crippen molar-refractivity contribution in [2.75, 3.05) is 24.6 Å². The first kappa shape index (κ1) is 19.2. The van der Waals surface area contributed by atoms with Crippen LogP contribution in [-0.4, -0.2) is 53.7 Å². The first-order valence-corrected chi connectivity index (χ1v) is 11.4. The quantitative estimate of drug-likeness (QED) is 0.759. The Labute approximate surface area is 157 Å². The first-order valence-electron chi connectivity index (χ1n) is 9.63. The lowest BCUT2D eigenvalue weighted by molar-refractivity contribution is -0.141. The van der Waals surface area contributed by atoms with Gasteiger partial charge in [0.05, 0.1) is 11.5 Å². The van der Waals surface area contributed by atoms with Crippen LogP contribution in [0.5, 0.6) is 0 Å². The highest BCUT2D eigenvalue weighted by Gasteiger charge is 2.48. The summed E-state index contributed by atoms with van der Waals surface area (Å²) in [6.45, 7) is 1.79. The molecular weight excluding hydrogens is 379 g/mol. The highest BCUT2D eigenvalue weighted by atomic mass is 32.2. The Morgan fingerprint density at radius 2 is 1.89 bits per heavy atom. The molecule has 0 bridgehead atoms. The molecule has 3 heterocycles. The number of nitrogens with zero attached hydrogens (tertiary/aromatic N) is 3. The standard InChI is InChI=1S/C18H26F3N3O2S/c1-23-15(10-16(22-23)18(19,20)21)13-2-4-14(5-3-13)24-8-6-17(11-24)7-9-27(25,26)12-17/h10,13-14H,2-9,11-12H2,1H3/t13-,14-,17-/m1/s1. The molecule has 0 N–H and O–H groups in total. The Bertz CT molecular complexity index is 812. The lowest BCUT2D eigenvalue weighted by Crippen LogP contribution is -2.38. The van der Waals surface area contributed by atoms with Crippen molar-refractivity contribution < 1.29 is 21.6 Å². The fraction of sp³-hybridized carbons (Fsp3) is 0.833. The third-order valence-electron chi connectivity index (χ3n) is 6.78. The Morgan fingerprint density at radius 3 is 2.44 bits per heavy atom. The zero-order chi connectivity index (χ0) is 19.4. The number of alkyl halides is 3. The monoisotopic (exact) mass is 405 g/mol. The number of aryl methyl sites for hydroxylation is 1. The van der Waals surface area contributed by atoms with E-state index < -0.39 is 21.7 Å². The van der Waals surface area contributed by atoms with E-state index in [1.165, 1.54) is 10.7 Å². The Hall–Kier alpha value is -1.09. The van der Waals surface area contributed by atoms with Crippen molar-refractivity contribution in [2.24, 2.45) is 12.5 Å². The zero-order valence-electron chi connectivity index (χ0n) is 15.5. The van der Waals surface area contributed by atoms with Gasteiger partial charge in [0.25, 0.3) is 0 Å². The minimum atomic E-state index is -4.40. The Kier molecular flexibility index (Phi) is 4.61. The summed E-state index contributed by atoms with van der Waals surface area (Å²) in [6.07, 6.45) is 0.907. The largest absolute Gasteiger partial charge is 0.435 e. The number of rotatable bonds is 2. The number of likely N-dealkylation sites (tertiary alicyclic amines) is 1. The fourth-order valence-electron chi connectivity index (χ4n) is 5.33. The minimum Gasteiger partial charge on any atom is -0.300 e. The van der Waals surface area contributed by atoms with E-state index in [4.69, 9.17) is 0 Å².